The molecule has 120 valence electrons. The van der Waals surface area contributed by atoms with E-state index in [0.29, 0.717) is 18.2 Å². The molecule has 0 radical (unpaired) electrons. The zero-order valence-corrected chi connectivity index (χ0v) is 14.2. The molecule has 0 saturated carbocycles. The number of carbonyl (C=O) groups excluding carboxylic acids is 1. The number of likely N-dealkylation sites (tertiary alicyclic amines) is 1. The summed E-state index contributed by atoms with van der Waals surface area (Å²) < 4.78 is 0. The van der Waals surface area contributed by atoms with Crippen molar-refractivity contribution in [3.05, 3.63) is 29.3 Å². The van der Waals surface area contributed by atoms with Crippen LogP contribution in [0.1, 0.15) is 37.3 Å². The van der Waals surface area contributed by atoms with Crippen molar-refractivity contribution in [2.24, 2.45) is 11.7 Å². The average molecular weight is 318 g/mol. The monoisotopic (exact) mass is 318 g/mol. The second-order valence-electron chi connectivity index (χ2n) is 6.68. The van der Waals surface area contributed by atoms with Crippen molar-refractivity contribution in [1.29, 1.82) is 0 Å². The topological polar surface area (TPSA) is 46.3 Å². The Morgan fingerprint density at radius 2 is 2.18 bits per heavy atom. The quantitative estimate of drug-likeness (QED) is 0.868. The van der Waals surface area contributed by atoms with E-state index in [1.54, 1.807) is 11.8 Å². The van der Waals surface area contributed by atoms with Crippen LogP contribution in [0.3, 0.4) is 0 Å². The summed E-state index contributed by atoms with van der Waals surface area (Å²) in [5.41, 5.74) is 8.83. The van der Waals surface area contributed by atoms with Crippen LogP contribution in [0.15, 0.2) is 23.1 Å². The number of piperidine rings is 1. The maximum atomic E-state index is 12.5. The molecule has 1 aromatic rings. The van der Waals surface area contributed by atoms with Crippen LogP contribution in [0.5, 0.6) is 0 Å². The average Bonchev–Trinajstić information content (AvgIpc) is 3.00. The number of nitrogens with zero attached hydrogens (tertiary/aromatic N) is 1. The van der Waals surface area contributed by atoms with Gasteiger partial charge in [-0.2, -0.15) is 0 Å². The van der Waals surface area contributed by atoms with Gasteiger partial charge in [-0.15, -0.1) is 11.8 Å². The van der Waals surface area contributed by atoms with Crippen molar-refractivity contribution in [3.8, 4) is 0 Å². The van der Waals surface area contributed by atoms with Crippen molar-refractivity contribution in [2.75, 3.05) is 18.8 Å². The number of nitrogens with two attached hydrogens (primary N) is 1. The summed E-state index contributed by atoms with van der Waals surface area (Å²) in [5, 5.41) is 0. The van der Waals surface area contributed by atoms with Gasteiger partial charge in [0.2, 0.25) is 5.91 Å². The van der Waals surface area contributed by atoms with Gasteiger partial charge in [0.15, 0.2) is 0 Å². The molecule has 1 heterocycles. The highest BCUT2D eigenvalue weighted by Gasteiger charge is 2.28. The minimum Gasteiger partial charge on any atom is -0.338 e. The Morgan fingerprint density at radius 3 is 3.00 bits per heavy atom. The van der Waals surface area contributed by atoms with Gasteiger partial charge in [-0.25, -0.2) is 0 Å². The fourth-order valence-corrected chi connectivity index (χ4v) is 4.52. The highest BCUT2D eigenvalue weighted by molar-refractivity contribution is 8.00. The summed E-state index contributed by atoms with van der Waals surface area (Å²) in [5.74, 6) is 1.46. The number of amides is 1. The summed E-state index contributed by atoms with van der Waals surface area (Å²) in [6.07, 6.45) is 5.82. The van der Waals surface area contributed by atoms with E-state index < -0.39 is 0 Å². The van der Waals surface area contributed by atoms with Crippen molar-refractivity contribution >= 4 is 17.7 Å². The SMILES string of the molecule is CC1CCN(C(=O)CSc2ccc3c(c2)CCC3)C(CN)C1. The Balaban J connectivity index is 1.57. The molecule has 1 fully saturated rings. The third-order valence-corrected chi connectivity index (χ3v) is 5.98. The molecule has 1 amide bonds. The fraction of sp³-hybridized carbons (Fsp3) is 0.611. The molecule has 0 spiro atoms. The molecule has 3 rings (SSSR count). The van der Waals surface area contributed by atoms with Gasteiger partial charge in [-0.1, -0.05) is 13.0 Å². The summed E-state index contributed by atoms with van der Waals surface area (Å²) in [6.45, 7) is 3.70. The zero-order valence-electron chi connectivity index (χ0n) is 13.4. The number of aryl methyl sites for hydroxylation is 2. The van der Waals surface area contributed by atoms with E-state index in [1.807, 2.05) is 4.90 Å². The molecule has 2 unspecified atom stereocenters. The first-order valence-corrected chi connectivity index (χ1v) is 9.40. The van der Waals surface area contributed by atoms with Gasteiger partial charge >= 0.3 is 0 Å². The molecular formula is C18H26N2OS. The summed E-state index contributed by atoms with van der Waals surface area (Å²) >= 11 is 1.67. The lowest BCUT2D eigenvalue weighted by molar-refractivity contribution is -0.132. The van der Waals surface area contributed by atoms with Crippen molar-refractivity contribution in [1.82, 2.24) is 4.90 Å². The minimum absolute atomic E-state index is 0.233. The molecule has 3 nitrogen and oxygen atoms in total. The van der Waals surface area contributed by atoms with E-state index in [2.05, 4.69) is 25.1 Å². The number of carbonyl (C=O) groups is 1. The molecule has 1 aliphatic heterocycles. The van der Waals surface area contributed by atoms with Gasteiger partial charge in [0.1, 0.15) is 0 Å². The van der Waals surface area contributed by atoms with E-state index in [4.69, 9.17) is 5.73 Å². The van der Waals surface area contributed by atoms with Crippen molar-refractivity contribution in [2.45, 2.75) is 50.0 Å². The third-order valence-electron chi connectivity index (χ3n) is 5.00. The summed E-state index contributed by atoms with van der Waals surface area (Å²) in [4.78, 5) is 15.8. The summed E-state index contributed by atoms with van der Waals surface area (Å²) in [7, 11) is 0. The van der Waals surface area contributed by atoms with Crippen LogP contribution in [0, 0.1) is 5.92 Å². The first-order valence-electron chi connectivity index (χ1n) is 8.41. The second kappa shape index (κ2) is 7.05. The van der Waals surface area contributed by atoms with Crippen molar-refractivity contribution in [3.63, 3.8) is 0 Å². The maximum Gasteiger partial charge on any atom is 0.233 e. The molecule has 1 aromatic carbocycles. The van der Waals surface area contributed by atoms with E-state index in [0.717, 1.165) is 19.4 Å². The predicted octanol–water partition coefficient (Wildman–Crippen LogP) is 2.85. The van der Waals surface area contributed by atoms with Gasteiger partial charge in [-0.3, -0.25) is 4.79 Å². The Morgan fingerprint density at radius 1 is 1.36 bits per heavy atom. The lowest BCUT2D eigenvalue weighted by Crippen LogP contribution is -2.49. The normalized spacial score (nSPS) is 24.4. The standard InChI is InChI=1S/C18H26N2OS/c1-13-7-8-20(16(9-13)11-19)18(21)12-22-17-6-5-14-3-2-4-15(14)10-17/h5-6,10,13,16H,2-4,7-9,11-12,19H2,1H3. The number of fused-ring (bicyclic) bond motifs is 1. The molecule has 22 heavy (non-hydrogen) atoms. The second-order valence-corrected chi connectivity index (χ2v) is 7.73. The van der Waals surface area contributed by atoms with Crippen LogP contribution in [-0.4, -0.2) is 35.7 Å². The van der Waals surface area contributed by atoms with Crippen LogP contribution in [-0.2, 0) is 17.6 Å². The third kappa shape index (κ3) is 3.49. The molecule has 2 aliphatic rings. The van der Waals surface area contributed by atoms with Crippen LogP contribution in [0.2, 0.25) is 0 Å². The van der Waals surface area contributed by atoms with E-state index >= 15 is 0 Å². The van der Waals surface area contributed by atoms with Gasteiger partial charge in [0.25, 0.3) is 0 Å². The van der Waals surface area contributed by atoms with Crippen LogP contribution in [0.25, 0.3) is 0 Å². The Kier molecular flexibility index (Phi) is 5.09. The minimum atomic E-state index is 0.233. The maximum absolute atomic E-state index is 12.5. The van der Waals surface area contributed by atoms with E-state index in [-0.39, 0.29) is 11.9 Å². The zero-order chi connectivity index (χ0) is 15.5. The molecule has 2 atom stereocenters. The number of rotatable bonds is 4. The highest BCUT2D eigenvalue weighted by Crippen LogP contribution is 2.28. The molecule has 0 bridgehead atoms. The lowest BCUT2D eigenvalue weighted by atomic mass is 9.92. The van der Waals surface area contributed by atoms with Gasteiger partial charge in [0, 0.05) is 24.0 Å². The Labute approximate surface area is 137 Å². The van der Waals surface area contributed by atoms with Gasteiger partial charge < -0.3 is 10.6 Å². The van der Waals surface area contributed by atoms with Gasteiger partial charge in [0.05, 0.1) is 5.75 Å². The van der Waals surface area contributed by atoms with Crippen molar-refractivity contribution < 1.29 is 4.79 Å². The first kappa shape index (κ1) is 15.9. The lowest BCUT2D eigenvalue weighted by Gasteiger charge is -2.38. The summed E-state index contributed by atoms with van der Waals surface area (Å²) in [6, 6.07) is 6.91. The fourth-order valence-electron chi connectivity index (χ4n) is 3.67. The predicted molar refractivity (Wildman–Crippen MR) is 92.1 cm³/mol. The molecule has 1 saturated heterocycles. The molecule has 2 N–H and O–H groups in total. The largest absolute Gasteiger partial charge is 0.338 e. The van der Waals surface area contributed by atoms with Crippen LogP contribution >= 0.6 is 11.8 Å². The number of hydrogen-bond donors (Lipinski definition) is 1. The van der Waals surface area contributed by atoms with E-state index in [1.165, 1.54) is 35.3 Å². The smallest absolute Gasteiger partial charge is 0.233 e. The Hall–Kier alpha value is -1.00. The molecule has 0 aromatic heterocycles. The van der Waals surface area contributed by atoms with Crippen LogP contribution in [0.4, 0.5) is 0 Å². The molecule has 1 aliphatic carbocycles. The highest BCUT2D eigenvalue weighted by atomic mass is 32.2. The van der Waals surface area contributed by atoms with Gasteiger partial charge in [-0.05, 0) is 61.3 Å². The molecular weight excluding hydrogens is 292 g/mol. The number of benzene rings is 1. The number of hydrogen-bond acceptors (Lipinski definition) is 3. The van der Waals surface area contributed by atoms with E-state index in [9.17, 15) is 4.79 Å². The van der Waals surface area contributed by atoms with Crippen LogP contribution < -0.4 is 5.73 Å². The first-order chi connectivity index (χ1) is 10.7. The number of thioether (sulfide) groups is 1. The Bertz CT molecular complexity index is 546. The molecule has 4 heteroatoms.